The van der Waals surface area contributed by atoms with Crippen LogP contribution >= 0.6 is 15.9 Å². The van der Waals surface area contributed by atoms with Crippen molar-refractivity contribution in [3.05, 3.63) is 63.8 Å². The second-order valence-electron chi connectivity index (χ2n) is 7.53. The average Bonchev–Trinajstić information content (AvgIpc) is 3.06. The molecular formula is C21H22BrN3O3S. The first-order chi connectivity index (χ1) is 13.8. The van der Waals surface area contributed by atoms with Crippen molar-refractivity contribution in [2.45, 2.75) is 37.8 Å². The fraction of sp³-hybridized carbons (Fsp3) is 0.286. The number of rotatable bonds is 4. The third-order valence-electron chi connectivity index (χ3n) is 5.03. The molecule has 3 aromatic rings. The predicted octanol–water partition coefficient (Wildman–Crippen LogP) is 3.82. The molecule has 1 aliphatic heterocycles. The van der Waals surface area contributed by atoms with Crippen LogP contribution in [0.25, 0.3) is 10.9 Å². The summed E-state index contributed by atoms with van der Waals surface area (Å²) >= 11 is 3.57. The predicted molar refractivity (Wildman–Crippen MR) is 116 cm³/mol. The normalized spacial score (nSPS) is 14.4. The van der Waals surface area contributed by atoms with Gasteiger partial charge in [-0.25, -0.2) is 13.1 Å². The van der Waals surface area contributed by atoms with Crippen LogP contribution in [0.2, 0.25) is 0 Å². The fourth-order valence-corrected chi connectivity index (χ4v) is 5.49. The van der Waals surface area contributed by atoms with Crippen molar-refractivity contribution in [3.8, 4) is 0 Å². The molecular weight excluding hydrogens is 454 g/mol. The van der Waals surface area contributed by atoms with E-state index >= 15 is 0 Å². The van der Waals surface area contributed by atoms with Crippen molar-refractivity contribution < 1.29 is 13.2 Å². The summed E-state index contributed by atoms with van der Waals surface area (Å²) in [6, 6.07) is 12.0. The lowest BCUT2D eigenvalue weighted by atomic mass is 10.0. The maximum absolute atomic E-state index is 13.1. The first-order valence-corrected chi connectivity index (χ1v) is 11.7. The number of amides is 1. The monoisotopic (exact) mass is 475 g/mol. The van der Waals surface area contributed by atoms with Gasteiger partial charge < -0.3 is 9.88 Å². The lowest BCUT2D eigenvalue weighted by molar-refractivity contribution is 0.0735. The molecule has 1 amide bonds. The highest BCUT2D eigenvalue weighted by Gasteiger charge is 2.26. The molecule has 8 heteroatoms. The number of fused-ring (bicyclic) bond motifs is 3. The Labute approximate surface area is 178 Å². The molecule has 0 radical (unpaired) electrons. The van der Waals surface area contributed by atoms with Crippen LogP contribution in [0.3, 0.4) is 0 Å². The van der Waals surface area contributed by atoms with Crippen molar-refractivity contribution in [1.82, 2.24) is 14.6 Å². The zero-order valence-corrected chi connectivity index (χ0v) is 18.6. The van der Waals surface area contributed by atoms with E-state index < -0.39 is 10.0 Å². The van der Waals surface area contributed by atoms with Gasteiger partial charge in [0.2, 0.25) is 10.0 Å². The second-order valence-corrected chi connectivity index (χ2v) is 10.1. The van der Waals surface area contributed by atoms with Crippen LogP contribution in [0.15, 0.2) is 51.8 Å². The maximum atomic E-state index is 13.1. The Kier molecular flexibility index (Phi) is 5.27. The van der Waals surface area contributed by atoms with Gasteiger partial charge in [0, 0.05) is 52.2 Å². The van der Waals surface area contributed by atoms with Crippen LogP contribution in [0.1, 0.15) is 35.5 Å². The van der Waals surface area contributed by atoms with Crippen LogP contribution in [0, 0.1) is 0 Å². The number of nitrogens with one attached hydrogen (secondary N) is 2. The number of H-pyrrole nitrogens is 1. The van der Waals surface area contributed by atoms with Gasteiger partial charge in [-0.3, -0.25) is 4.79 Å². The minimum atomic E-state index is -3.65. The SMILES string of the molecule is CC(C)NS(=O)(=O)c1cccc(C(=O)N2CCc3[nH]c4c(Br)cccc4c3C2)c1. The van der Waals surface area contributed by atoms with Crippen molar-refractivity contribution in [1.29, 1.82) is 0 Å². The molecule has 29 heavy (non-hydrogen) atoms. The maximum Gasteiger partial charge on any atom is 0.254 e. The van der Waals surface area contributed by atoms with Crippen LogP contribution in [0.4, 0.5) is 0 Å². The molecule has 4 rings (SSSR count). The van der Waals surface area contributed by atoms with Crippen LogP contribution < -0.4 is 4.72 Å². The highest BCUT2D eigenvalue weighted by Crippen LogP contribution is 2.32. The number of nitrogens with zero attached hydrogens (tertiary/aromatic N) is 1. The number of sulfonamides is 1. The first-order valence-electron chi connectivity index (χ1n) is 9.46. The summed E-state index contributed by atoms with van der Waals surface area (Å²) in [6.45, 7) is 4.60. The number of halogens is 1. The van der Waals surface area contributed by atoms with Gasteiger partial charge in [-0.2, -0.15) is 0 Å². The molecule has 0 bridgehead atoms. The minimum Gasteiger partial charge on any atom is -0.357 e. The molecule has 2 heterocycles. The van der Waals surface area contributed by atoms with Gasteiger partial charge in [0.1, 0.15) is 0 Å². The summed E-state index contributed by atoms with van der Waals surface area (Å²) in [5, 5.41) is 1.10. The third kappa shape index (κ3) is 3.84. The van der Waals surface area contributed by atoms with Crippen molar-refractivity contribution in [3.63, 3.8) is 0 Å². The molecule has 2 N–H and O–H groups in total. The molecule has 2 aromatic carbocycles. The zero-order chi connectivity index (χ0) is 20.8. The van der Waals surface area contributed by atoms with Crippen molar-refractivity contribution >= 4 is 42.8 Å². The van der Waals surface area contributed by atoms with Gasteiger partial charge in [0.25, 0.3) is 5.91 Å². The molecule has 0 aliphatic carbocycles. The smallest absolute Gasteiger partial charge is 0.254 e. The van der Waals surface area contributed by atoms with Gasteiger partial charge >= 0.3 is 0 Å². The summed E-state index contributed by atoms with van der Waals surface area (Å²) in [6.07, 6.45) is 0.731. The van der Waals surface area contributed by atoms with Crippen LogP contribution in [-0.2, 0) is 23.0 Å². The summed E-state index contributed by atoms with van der Waals surface area (Å²) in [7, 11) is -3.65. The summed E-state index contributed by atoms with van der Waals surface area (Å²) < 4.78 is 28.5. The molecule has 1 aliphatic rings. The first kappa shape index (κ1) is 20.1. The molecule has 6 nitrogen and oxygen atoms in total. The molecule has 0 unspecified atom stereocenters. The molecule has 152 valence electrons. The van der Waals surface area contributed by atoms with E-state index in [1.807, 2.05) is 18.2 Å². The van der Waals surface area contributed by atoms with Gasteiger partial charge in [-0.1, -0.05) is 18.2 Å². The van der Waals surface area contributed by atoms with Gasteiger partial charge in [-0.15, -0.1) is 0 Å². The van der Waals surface area contributed by atoms with Gasteiger partial charge in [-0.05, 0) is 54.0 Å². The molecule has 0 atom stereocenters. The Bertz CT molecular complexity index is 1200. The Hall–Kier alpha value is -2.16. The minimum absolute atomic E-state index is 0.103. The quantitative estimate of drug-likeness (QED) is 0.601. The van der Waals surface area contributed by atoms with E-state index in [0.29, 0.717) is 18.7 Å². The topological polar surface area (TPSA) is 82.3 Å². The van der Waals surface area contributed by atoms with Crippen LogP contribution in [0.5, 0.6) is 0 Å². The van der Waals surface area contributed by atoms with Crippen LogP contribution in [-0.4, -0.2) is 36.8 Å². The Balaban J connectivity index is 1.63. The number of hydrogen-bond donors (Lipinski definition) is 2. The van der Waals surface area contributed by atoms with E-state index in [-0.39, 0.29) is 16.8 Å². The third-order valence-corrected chi connectivity index (χ3v) is 7.35. The second kappa shape index (κ2) is 7.59. The Morgan fingerprint density at radius 3 is 2.72 bits per heavy atom. The standard InChI is InChI=1S/C21H22BrN3O3S/c1-13(2)24-29(27,28)15-6-3-5-14(11-15)21(26)25-10-9-19-17(12-25)16-7-4-8-18(22)20(16)23-19/h3-8,11,13,23-24H,9-10,12H2,1-2H3. The molecule has 0 saturated carbocycles. The molecule has 1 aromatic heterocycles. The number of para-hydroxylation sites is 1. The van der Waals surface area contributed by atoms with E-state index in [2.05, 4.69) is 25.6 Å². The number of aromatic amines is 1. The van der Waals surface area contributed by atoms with Crippen molar-refractivity contribution in [2.24, 2.45) is 0 Å². The Morgan fingerprint density at radius 2 is 1.97 bits per heavy atom. The number of carbonyl (C=O) groups excluding carboxylic acids is 1. The van der Waals surface area contributed by atoms with E-state index in [1.54, 1.807) is 30.9 Å². The number of hydrogen-bond acceptors (Lipinski definition) is 3. The number of carbonyl (C=O) groups is 1. The molecule has 0 fully saturated rings. The lowest BCUT2D eigenvalue weighted by Crippen LogP contribution is -2.36. The number of aromatic nitrogens is 1. The van der Waals surface area contributed by atoms with E-state index in [1.165, 1.54) is 12.1 Å². The summed E-state index contributed by atoms with van der Waals surface area (Å²) in [5.74, 6) is -0.165. The van der Waals surface area contributed by atoms with E-state index in [0.717, 1.165) is 33.1 Å². The highest BCUT2D eigenvalue weighted by atomic mass is 79.9. The molecule has 0 spiro atoms. The zero-order valence-electron chi connectivity index (χ0n) is 16.2. The summed E-state index contributed by atoms with van der Waals surface area (Å²) in [4.78, 5) is 18.5. The van der Waals surface area contributed by atoms with Gasteiger partial charge in [0.05, 0.1) is 10.4 Å². The lowest BCUT2D eigenvalue weighted by Gasteiger charge is -2.27. The highest BCUT2D eigenvalue weighted by molar-refractivity contribution is 9.10. The van der Waals surface area contributed by atoms with Gasteiger partial charge in [0.15, 0.2) is 0 Å². The number of benzene rings is 2. The largest absolute Gasteiger partial charge is 0.357 e. The fourth-order valence-electron chi connectivity index (χ4n) is 3.73. The Morgan fingerprint density at radius 1 is 1.21 bits per heavy atom. The average molecular weight is 476 g/mol. The molecule has 0 saturated heterocycles. The summed E-state index contributed by atoms with van der Waals surface area (Å²) in [5.41, 5.74) is 3.68. The van der Waals surface area contributed by atoms with Crippen molar-refractivity contribution in [2.75, 3.05) is 6.54 Å². The van der Waals surface area contributed by atoms with E-state index in [4.69, 9.17) is 0 Å². The van der Waals surface area contributed by atoms with E-state index in [9.17, 15) is 13.2 Å².